The van der Waals surface area contributed by atoms with Crippen LogP contribution in [0.1, 0.15) is 19.4 Å². The van der Waals surface area contributed by atoms with E-state index in [2.05, 4.69) is 5.32 Å². The molecule has 1 N–H and O–H groups in total. The maximum absolute atomic E-state index is 12.7. The Morgan fingerprint density at radius 3 is 2.44 bits per heavy atom. The molecule has 0 spiro atoms. The third-order valence-electron chi connectivity index (χ3n) is 1.99. The highest BCUT2D eigenvalue weighted by atomic mass is 19.1. The summed E-state index contributed by atoms with van der Waals surface area (Å²) in [5.41, 5.74) is 0.615. The fourth-order valence-corrected chi connectivity index (χ4v) is 1.27. The molecule has 0 aliphatic heterocycles. The normalized spacial score (nSPS) is 10.9. The first-order valence-electron chi connectivity index (χ1n) is 5.45. The van der Waals surface area contributed by atoms with Gasteiger partial charge in [0.2, 0.25) is 5.91 Å². The minimum atomic E-state index is -0.628. The lowest BCUT2D eigenvalue weighted by atomic mass is 10.2. The van der Waals surface area contributed by atoms with Crippen LogP contribution in [0.25, 0.3) is 6.08 Å². The summed E-state index contributed by atoms with van der Waals surface area (Å²) in [6.45, 7) is 3.16. The predicted octanol–water partition coefficient (Wildman–Crippen LogP) is 1.87. The zero-order valence-corrected chi connectivity index (χ0v) is 10.2. The van der Waals surface area contributed by atoms with E-state index >= 15 is 0 Å². The zero-order chi connectivity index (χ0) is 13.5. The molecule has 4 nitrogen and oxygen atoms in total. The van der Waals surface area contributed by atoms with Gasteiger partial charge in [0.1, 0.15) is 11.5 Å². The molecule has 0 fully saturated rings. The molecule has 0 aromatic heterocycles. The molecule has 0 saturated carbocycles. The second-order valence-corrected chi connectivity index (χ2v) is 3.51. The topological polar surface area (TPSA) is 55.4 Å². The maximum atomic E-state index is 12.7. The van der Waals surface area contributed by atoms with Gasteiger partial charge in [-0.25, -0.2) is 9.18 Å². The monoisotopic (exact) mass is 251 g/mol. The van der Waals surface area contributed by atoms with E-state index in [0.717, 1.165) is 0 Å². The Labute approximate surface area is 104 Å². The minimum Gasteiger partial charge on any atom is -0.461 e. The maximum Gasteiger partial charge on any atom is 0.354 e. The molecule has 0 radical (unpaired) electrons. The smallest absolute Gasteiger partial charge is 0.354 e. The van der Waals surface area contributed by atoms with E-state index in [9.17, 15) is 14.0 Å². The number of ether oxygens (including phenoxy) is 1. The molecule has 1 rings (SSSR count). The van der Waals surface area contributed by atoms with Crippen molar-refractivity contribution in [2.24, 2.45) is 0 Å². The van der Waals surface area contributed by atoms with Gasteiger partial charge in [-0.15, -0.1) is 0 Å². The molecule has 5 heteroatoms. The third-order valence-corrected chi connectivity index (χ3v) is 1.99. The number of hydrogen-bond acceptors (Lipinski definition) is 3. The number of rotatable bonds is 4. The summed E-state index contributed by atoms with van der Waals surface area (Å²) in [6.07, 6.45) is 1.43. The van der Waals surface area contributed by atoms with E-state index in [0.29, 0.717) is 5.56 Å². The number of hydrogen-bond donors (Lipinski definition) is 1. The van der Waals surface area contributed by atoms with Crippen LogP contribution in [0, 0.1) is 5.82 Å². The Kier molecular flexibility index (Phi) is 5.05. The average molecular weight is 251 g/mol. The van der Waals surface area contributed by atoms with Crippen LogP contribution in [0.5, 0.6) is 0 Å². The number of nitrogens with one attached hydrogen (secondary N) is 1. The van der Waals surface area contributed by atoms with Gasteiger partial charge in [-0.3, -0.25) is 4.79 Å². The summed E-state index contributed by atoms with van der Waals surface area (Å²) in [7, 11) is 0. The van der Waals surface area contributed by atoms with Crippen molar-refractivity contribution in [2.45, 2.75) is 13.8 Å². The first kappa shape index (κ1) is 13.9. The average Bonchev–Trinajstić information content (AvgIpc) is 2.31. The van der Waals surface area contributed by atoms with E-state index in [1.165, 1.54) is 37.3 Å². The van der Waals surface area contributed by atoms with Crippen LogP contribution >= 0.6 is 0 Å². The molecular formula is C13H14FNO3. The van der Waals surface area contributed by atoms with E-state index in [-0.39, 0.29) is 24.0 Å². The molecule has 1 aromatic rings. The van der Waals surface area contributed by atoms with Crippen molar-refractivity contribution in [3.05, 3.63) is 41.3 Å². The number of esters is 1. The fraction of sp³-hybridized carbons (Fsp3) is 0.231. The summed E-state index contributed by atoms with van der Waals surface area (Å²) in [5, 5.41) is 2.38. The van der Waals surface area contributed by atoms with Crippen LogP contribution in [0.15, 0.2) is 30.0 Å². The lowest BCUT2D eigenvalue weighted by Gasteiger charge is -2.07. The summed E-state index contributed by atoms with van der Waals surface area (Å²) in [4.78, 5) is 22.6. The molecule has 18 heavy (non-hydrogen) atoms. The van der Waals surface area contributed by atoms with Gasteiger partial charge in [0.05, 0.1) is 6.61 Å². The van der Waals surface area contributed by atoms with Crippen molar-refractivity contribution < 1.29 is 18.7 Å². The van der Waals surface area contributed by atoms with E-state index in [4.69, 9.17) is 4.74 Å². The number of carbonyl (C=O) groups excluding carboxylic acids is 2. The second kappa shape index (κ2) is 6.54. The lowest BCUT2D eigenvalue weighted by Crippen LogP contribution is -2.26. The summed E-state index contributed by atoms with van der Waals surface area (Å²) in [5.74, 6) is -1.38. The molecular weight excluding hydrogens is 237 g/mol. The first-order valence-corrected chi connectivity index (χ1v) is 5.45. The molecule has 0 atom stereocenters. The molecule has 0 saturated heterocycles. The van der Waals surface area contributed by atoms with E-state index < -0.39 is 5.97 Å². The van der Waals surface area contributed by atoms with E-state index in [1.54, 1.807) is 6.92 Å². The van der Waals surface area contributed by atoms with Gasteiger partial charge in [0.25, 0.3) is 0 Å². The van der Waals surface area contributed by atoms with Crippen molar-refractivity contribution in [3.63, 3.8) is 0 Å². The van der Waals surface area contributed by atoms with Gasteiger partial charge in [0.15, 0.2) is 0 Å². The SMILES string of the molecule is CCOC(=O)/C(=C/c1ccc(F)cc1)NC(C)=O. The number of benzene rings is 1. The van der Waals surface area contributed by atoms with Crippen molar-refractivity contribution >= 4 is 18.0 Å². The second-order valence-electron chi connectivity index (χ2n) is 3.51. The Hall–Kier alpha value is -2.17. The lowest BCUT2D eigenvalue weighted by molar-refractivity contribution is -0.139. The van der Waals surface area contributed by atoms with Gasteiger partial charge in [0, 0.05) is 6.92 Å². The van der Waals surface area contributed by atoms with Crippen molar-refractivity contribution in [1.82, 2.24) is 5.32 Å². The Balaban J connectivity index is 2.97. The van der Waals surface area contributed by atoms with Crippen LogP contribution in [0.2, 0.25) is 0 Å². The summed E-state index contributed by atoms with van der Waals surface area (Å²) < 4.78 is 17.5. The van der Waals surface area contributed by atoms with Crippen molar-refractivity contribution in [1.29, 1.82) is 0 Å². The molecule has 96 valence electrons. The van der Waals surface area contributed by atoms with Crippen LogP contribution in [0.3, 0.4) is 0 Å². The van der Waals surface area contributed by atoms with Crippen LogP contribution in [0.4, 0.5) is 4.39 Å². The molecule has 1 amide bonds. The molecule has 0 unspecified atom stereocenters. The van der Waals surface area contributed by atoms with Crippen LogP contribution in [-0.4, -0.2) is 18.5 Å². The molecule has 0 bridgehead atoms. The highest BCUT2D eigenvalue weighted by Gasteiger charge is 2.11. The van der Waals surface area contributed by atoms with Gasteiger partial charge in [-0.1, -0.05) is 12.1 Å². The Morgan fingerprint density at radius 2 is 1.94 bits per heavy atom. The van der Waals surface area contributed by atoms with Gasteiger partial charge < -0.3 is 10.1 Å². The van der Waals surface area contributed by atoms with E-state index in [1.807, 2.05) is 0 Å². The predicted molar refractivity (Wildman–Crippen MR) is 64.8 cm³/mol. The van der Waals surface area contributed by atoms with Gasteiger partial charge in [-0.2, -0.15) is 0 Å². The zero-order valence-electron chi connectivity index (χ0n) is 10.2. The molecule has 1 aromatic carbocycles. The van der Waals surface area contributed by atoms with Gasteiger partial charge in [-0.05, 0) is 30.7 Å². The Morgan fingerprint density at radius 1 is 1.33 bits per heavy atom. The number of carbonyl (C=O) groups is 2. The molecule has 0 aliphatic carbocycles. The number of halogens is 1. The largest absolute Gasteiger partial charge is 0.461 e. The molecule has 0 heterocycles. The highest BCUT2D eigenvalue weighted by Crippen LogP contribution is 2.08. The summed E-state index contributed by atoms with van der Waals surface area (Å²) in [6, 6.07) is 5.53. The third kappa shape index (κ3) is 4.37. The van der Waals surface area contributed by atoms with Crippen LogP contribution < -0.4 is 5.32 Å². The van der Waals surface area contributed by atoms with Crippen LogP contribution in [-0.2, 0) is 14.3 Å². The first-order chi connectivity index (χ1) is 8.52. The highest BCUT2D eigenvalue weighted by molar-refractivity contribution is 5.97. The van der Waals surface area contributed by atoms with Gasteiger partial charge >= 0.3 is 5.97 Å². The summed E-state index contributed by atoms with van der Waals surface area (Å²) >= 11 is 0. The fourth-order valence-electron chi connectivity index (χ4n) is 1.27. The van der Waals surface area contributed by atoms with Crippen molar-refractivity contribution in [2.75, 3.05) is 6.61 Å². The minimum absolute atomic E-state index is 0.0240. The Bertz CT molecular complexity index is 466. The standard InChI is InChI=1S/C13H14FNO3/c1-3-18-13(17)12(15-9(2)16)8-10-4-6-11(14)7-5-10/h4-8H,3H2,1-2H3,(H,15,16)/b12-8-. The quantitative estimate of drug-likeness (QED) is 0.656. The van der Waals surface area contributed by atoms with Crippen molar-refractivity contribution in [3.8, 4) is 0 Å². The number of amides is 1. The molecule has 0 aliphatic rings.